The molecule has 8 nitrogen and oxygen atoms in total. The van der Waals surface area contributed by atoms with Crippen LogP contribution in [-0.2, 0) is 10.0 Å². The number of anilines is 3. The van der Waals surface area contributed by atoms with Crippen LogP contribution in [-0.4, -0.2) is 24.1 Å². The smallest absolute Gasteiger partial charge is 0.271 e. The number of nitrogens with one attached hydrogen (secondary N) is 2. The second-order valence-electron chi connectivity index (χ2n) is 8.15. The van der Waals surface area contributed by atoms with Gasteiger partial charge in [0, 0.05) is 34.3 Å². The first-order chi connectivity index (χ1) is 16.4. The summed E-state index contributed by atoms with van der Waals surface area (Å²) in [6.07, 6.45) is 3.63. The van der Waals surface area contributed by atoms with Crippen molar-refractivity contribution >= 4 is 67.0 Å². The summed E-state index contributed by atoms with van der Waals surface area (Å²) in [6.45, 7) is 2.09. The van der Waals surface area contributed by atoms with Crippen LogP contribution in [0.25, 0.3) is 21.8 Å². The zero-order valence-corrected chi connectivity index (χ0v) is 20.9. The lowest BCUT2D eigenvalue weighted by molar-refractivity contribution is -0.384. The summed E-state index contributed by atoms with van der Waals surface area (Å²) in [7, 11) is -3.39. The molecule has 0 aliphatic heterocycles. The number of fused-ring (bicyclic) bond motifs is 2. The second kappa shape index (κ2) is 11.3. The summed E-state index contributed by atoms with van der Waals surface area (Å²) in [6, 6.07) is 19.2. The lowest BCUT2D eigenvalue weighted by Gasteiger charge is -2.14. The van der Waals surface area contributed by atoms with E-state index in [-0.39, 0.29) is 23.8 Å². The molecule has 4 rings (SSSR count). The Bertz CT molecular complexity index is 1440. The average Bonchev–Trinajstić information content (AvgIpc) is 2.82. The summed E-state index contributed by atoms with van der Waals surface area (Å²) in [5.74, 6) is 0.105. The standard InChI is InChI=1S/C25H26N4O4S.ClH/c1-2-3-4-7-16-34(32,33)28-19-12-10-18(11-13-19)26-25-21-8-5-6-9-23(21)27-24-17-20(29(30)31)14-15-22(24)25;/h5-6,8-15,17,28H,2-4,7,16H2,1H3,(H,26,27);1H. The molecule has 10 heteroatoms. The van der Waals surface area contributed by atoms with E-state index < -0.39 is 14.9 Å². The molecule has 0 aliphatic rings. The molecular weight excluding hydrogens is 488 g/mol. The van der Waals surface area contributed by atoms with Gasteiger partial charge in [0.1, 0.15) is 0 Å². The first kappa shape index (κ1) is 26.2. The van der Waals surface area contributed by atoms with Crippen LogP contribution in [0, 0.1) is 10.1 Å². The van der Waals surface area contributed by atoms with Crippen LogP contribution < -0.4 is 10.0 Å². The zero-order chi connectivity index (χ0) is 24.1. The number of nitro groups is 1. The van der Waals surface area contributed by atoms with E-state index in [2.05, 4.69) is 21.9 Å². The number of hydrogen-bond acceptors (Lipinski definition) is 6. The van der Waals surface area contributed by atoms with Gasteiger partial charge in [-0.15, -0.1) is 12.4 Å². The number of halogens is 1. The van der Waals surface area contributed by atoms with Crippen molar-refractivity contribution in [1.29, 1.82) is 0 Å². The minimum absolute atomic E-state index is 0. The Labute approximate surface area is 210 Å². The number of hydrogen-bond donors (Lipinski definition) is 2. The molecular formula is C25H27ClN4O4S. The molecule has 0 unspecified atom stereocenters. The van der Waals surface area contributed by atoms with Crippen molar-refractivity contribution in [2.45, 2.75) is 32.6 Å². The minimum Gasteiger partial charge on any atom is -0.354 e. The Morgan fingerprint density at radius 3 is 2.29 bits per heavy atom. The van der Waals surface area contributed by atoms with Crippen molar-refractivity contribution in [1.82, 2.24) is 4.98 Å². The van der Waals surface area contributed by atoms with E-state index in [4.69, 9.17) is 0 Å². The van der Waals surface area contributed by atoms with Gasteiger partial charge in [0.2, 0.25) is 10.0 Å². The first-order valence-corrected chi connectivity index (χ1v) is 12.9. The number of nitrogens with zero attached hydrogens (tertiary/aromatic N) is 2. The maximum atomic E-state index is 12.3. The van der Waals surface area contributed by atoms with Crippen molar-refractivity contribution in [3.63, 3.8) is 0 Å². The zero-order valence-electron chi connectivity index (χ0n) is 19.2. The topological polar surface area (TPSA) is 114 Å². The summed E-state index contributed by atoms with van der Waals surface area (Å²) >= 11 is 0. The summed E-state index contributed by atoms with van der Waals surface area (Å²) in [5.41, 5.74) is 3.24. The number of aromatic nitrogens is 1. The van der Waals surface area contributed by atoms with E-state index >= 15 is 0 Å². The van der Waals surface area contributed by atoms with Crippen LogP contribution >= 0.6 is 12.4 Å². The quantitative estimate of drug-likeness (QED) is 0.104. The van der Waals surface area contributed by atoms with E-state index in [0.717, 1.165) is 41.4 Å². The Morgan fingerprint density at radius 2 is 1.57 bits per heavy atom. The highest BCUT2D eigenvalue weighted by molar-refractivity contribution is 7.92. The van der Waals surface area contributed by atoms with Crippen LogP contribution in [0.4, 0.5) is 22.7 Å². The third kappa shape index (κ3) is 6.37. The number of pyridine rings is 1. The highest BCUT2D eigenvalue weighted by atomic mass is 35.5. The van der Waals surface area contributed by atoms with E-state index in [1.165, 1.54) is 12.1 Å². The minimum atomic E-state index is -3.39. The Hall–Kier alpha value is -3.43. The van der Waals surface area contributed by atoms with Crippen LogP contribution in [0.5, 0.6) is 0 Å². The SMILES string of the molecule is CCCCCCS(=O)(=O)Nc1ccc(Nc2c3ccccc3nc3cc([N+](=O)[O-])ccc23)cc1.Cl. The van der Waals surface area contributed by atoms with Crippen LogP contribution in [0.1, 0.15) is 32.6 Å². The summed E-state index contributed by atoms with van der Waals surface area (Å²) in [5, 5.41) is 16.2. The maximum absolute atomic E-state index is 12.3. The first-order valence-electron chi connectivity index (χ1n) is 11.2. The highest BCUT2D eigenvalue weighted by Gasteiger charge is 2.14. The third-order valence-electron chi connectivity index (χ3n) is 5.57. The van der Waals surface area contributed by atoms with Crippen LogP contribution in [0.2, 0.25) is 0 Å². The Balaban J connectivity index is 0.00000342. The molecule has 0 saturated carbocycles. The van der Waals surface area contributed by atoms with Crippen molar-refractivity contribution in [2.24, 2.45) is 0 Å². The highest BCUT2D eigenvalue weighted by Crippen LogP contribution is 2.34. The monoisotopic (exact) mass is 514 g/mol. The maximum Gasteiger partial charge on any atom is 0.271 e. The molecule has 0 bridgehead atoms. The number of nitro benzene ring substituents is 1. The molecule has 1 aromatic heterocycles. The summed E-state index contributed by atoms with van der Waals surface area (Å²) in [4.78, 5) is 15.4. The number of rotatable bonds is 10. The van der Waals surface area contributed by atoms with Crippen molar-refractivity contribution in [3.05, 3.63) is 76.8 Å². The van der Waals surface area contributed by atoms with Gasteiger partial charge in [-0.25, -0.2) is 13.4 Å². The number of non-ortho nitro benzene ring substituents is 1. The Kier molecular flexibility index (Phi) is 8.48. The molecule has 0 radical (unpaired) electrons. The van der Waals surface area contributed by atoms with Crippen LogP contribution in [0.15, 0.2) is 66.7 Å². The van der Waals surface area contributed by atoms with Gasteiger partial charge < -0.3 is 5.32 Å². The third-order valence-corrected chi connectivity index (χ3v) is 6.94. The number of benzene rings is 3. The molecule has 1 heterocycles. The van der Waals surface area contributed by atoms with Gasteiger partial charge in [0.15, 0.2) is 0 Å². The fraction of sp³-hybridized carbons (Fsp3) is 0.240. The van der Waals surface area contributed by atoms with Crippen LogP contribution in [0.3, 0.4) is 0 Å². The number of para-hydroxylation sites is 1. The number of sulfonamides is 1. The van der Waals surface area contributed by atoms with E-state index in [1.54, 1.807) is 30.3 Å². The molecule has 35 heavy (non-hydrogen) atoms. The fourth-order valence-corrected chi connectivity index (χ4v) is 5.03. The lowest BCUT2D eigenvalue weighted by Crippen LogP contribution is -2.16. The van der Waals surface area contributed by atoms with Crippen molar-refractivity contribution in [3.8, 4) is 0 Å². The predicted octanol–water partition coefficient (Wildman–Crippen LogP) is 6.78. The van der Waals surface area contributed by atoms with Gasteiger partial charge in [-0.2, -0.15) is 0 Å². The van der Waals surface area contributed by atoms with Gasteiger partial charge in [0.05, 0.1) is 27.4 Å². The van der Waals surface area contributed by atoms with E-state index in [0.29, 0.717) is 23.1 Å². The van der Waals surface area contributed by atoms with Crippen molar-refractivity contribution < 1.29 is 13.3 Å². The Morgan fingerprint density at radius 1 is 0.886 bits per heavy atom. The molecule has 4 aromatic rings. The van der Waals surface area contributed by atoms with Gasteiger partial charge in [-0.05, 0) is 42.8 Å². The van der Waals surface area contributed by atoms with Gasteiger partial charge in [0.25, 0.3) is 5.69 Å². The normalized spacial score (nSPS) is 11.2. The summed E-state index contributed by atoms with van der Waals surface area (Å²) < 4.78 is 27.3. The largest absolute Gasteiger partial charge is 0.354 e. The number of unbranched alkanes of at least 4 members (excludes halogenated alkanes) is 3. The van der Waals surface area contributed by atoms with Gasteiger partial charge in [-0.1, -0.05) is 44.4 Å². The molecule has 0 saturated heterocycles. The lowest BCUT2D eigenvalue weighted by atomic mass is 10.1. The molecule has 2 N–H and O–H groups in total. The molecule has 0 spiro atoms. The van der Waals surface area contributed by atoms with Gasteiger partial charge in [-0.3, -0.25) is 14.8 Å². The molecule has 0 amide bonds. The molecule has 3 aromatic carbocycles. The van der Waals surface area contributed by atoms with Gasteiger partial charge >= 0.3 is 0 Å². The van der Waals surface area contributed by atoms with E-state index in [1.807, 2.05) is 24.3 Å². The predicted molar refractivity (Wildman–Crippen MR) is 144 cm³/mol. The molecule has 0 aliphatic carbocycles. The molecule has 0 fully saturated rings. The average molecular weight is 515 g/mol. The van der Waals surface area contributed by atoms with E-state index in [9.17, 15) is 18.5 Å². The molecule has 0 atom stereocenters. The fourth-order valence-electron chi connectivity index (χ4n) is 3.84. The van der Waals surface area contributed by atoms with Crippen molar-refractivity contribution in [2.75, 3.05) is 15.8 Å². The molecule has 184 valence electrons. The second-order valence-corrected chi connectivity index (χ2v) is 9.99.